The lowest BCUT2D eigenvalue weighted by Gasteiger charge is -2.41. The third-order valence-electron chi connectivity index (χ3n) is 2.98. The summed E-state index contributed by atoms with van der Waals surface area (Å²) in [5.41, 5.74) is 5.94. The number of hydrogen-bond donors (Lipinski definition) is 2. The highest BCUT2D eigenvalue weighted by molar-refractivity contribution is 5.92. The second-order valence-corrected chi connectivity index (χ2v) is 4.01. The molecular formula is C11H15N3O. The first-order valence-corrected chi connectivity index (χ1v) is 5.19. The molecule has 1 fully saturated rings. The van der Waals surface area contributed by atoms with Crippen LogP contribution in [0.4, 0.5) is 0 Å². The molecule has 4 heteroatoms. The minimum atomic E-state index is -0.172. The number of rotatable bonds is 3. The smallest absolute Gasteiger partial charge is 0.270 e. The molecule has 3 N–H and O–H groups in total. The van der Waals surface area contributed by atoms with Crippen molar-refractivity contribution in [1.82, 2.24) is 10.3 Å². The lowest BCUT2D eigenvalue weighted by Crippen LogP contribution is -2.58. The van der Waals surface area contributed by atoms with E-state index in [1.165, 1.54) is 0 Å². The maximum atomic E-state index is 11.8. The van der Waals surface area contributed by atoms with Gasteiger partial charge in [-0.2, -0.15) is 0 Å². The van der Waals surface area contributed by atoms with Crippen LogP contribution in [-0.2, 0) is 0 Å². The van der Waals surface area contributed by atoms with E-state index in [1.807, 2.05) is 0 Å². The summed E-state index contributed by atoms with van der Waals surface area (Å²) in [6.07, 6.45) is 4.70. The van der Waals surface area contributed by atoms with Crippen molar-refractivity contribution in [2.24, 2.45) is 5.73 Å². The Bertz CT molecular complexity index is 341. The van der Waals surface area contributed by atoms with Crippen molar-refractivity contribution in [2.45, 2.75) is 24.8 Å². The molecule has 2 rings (SSSR count). The van der Waals surface area contributed by atoms with E-state index in [0.29, 0.717) is 12.2 Å². The summed E-state index contributed by atoms with van der Waals surface area (Å²) in [6.45, 7) is 0.506. The van der Waals surface area contributed by atoms with Gasteiger partial charge >= 0.3 is 0 Å². The second-order valence-electron chi connectivity index (χ2n) is 4.01. The van der Waals surface area contributed by atoms with Gasteiger partial charge < -0.3 is 11.1 Å². The molecule has 4 nitrogen and oxygen atoms in total. The molecule has 1 aromatic rings. The molecule has 0 aromatic carbocycles. The largest absolute Gasteiger partial charge is 0.344 e. The summed E-state index contributed by atoms with van der Waals surface area (Å²) in [5.74, 6) is -0.124. The average molecular weight is 205 g/mol. The van der Waals surface area contributed by atoms with E-state index < -0.39 is 0 Å². The van der Waals surface area contributed by atoms with Gasteiger partial charge in [0.2, 0.25) is 0 Å². The monoisotopic (exact) mass is 205 g/mol. The molecule has 1 aliphatic carbocycles. The van der Waals surface area contributed by atoms with Gasteiger partial charge in [0, 0.05) is 12.7 Å². The Morgan fingerprint density at radius 3 is 2.80 bits per heavy atom. The molecule has 15 heavy (non-hydrogen) atoms. The number of carbonyl (C=O) groups is 1. The topological polar surface area (TPSA) is 68.0 Å². The predicted octanol–water partition coefficient (Wildman–Crippen LogP) is 0.693. The zero-order valence-electron chi connectivity index (χ0n) is 8.57. The minimum Gasteiger partial charge on any atom is -0.344 e. The van der Waals surface area contributed by atoms with Crippen LogP contribution in [0, 0.1) is 0 Å². The van der Waals surface area contributed by atoms with Crippen molar-refractivity contribution in [3.63, 3.8) is 0 Å². The van der Waals surface area contributed by atoms with Crippen LogP contribution >= 0.6 is 0 Å². The quantitative estimate of drug-likeness (QED) is 0.763. The second kappa shape index (κ2) is 3.98. The zero-order chi connectivity index (χ0) is 10.7. The molecule has 80 valence electrons. The van der Waals surface area contributed by atoms with Gasteiger partial charge in [-0.25, -0.2) is 0 Å². The van der Waals surface area contributed by atoms with Crippen LogP contribution in [0.25, 0.3) is 0 Å². The van der Waals surface area contributed by atoms with Gasteiger partial charge in [0.15, 0.2) is 0 Å². The van der Waals surface area contributed by atoms with Crippen molar-refractivity contribution < 1.29 is 4.79 Å². The molecule has 0 unspecified atom stereocenters. The molecule has 0 atom stereocenters. The summed E-state index contributed by atoms with van der Waals surface area (Å²) < 4.78 is 0. The predicted molar refractivity (Wildman–Crippen MR) is 57.3 cm³/mol. The molecule has 1 saturated carbocycles. The standard InChI is InChI=1S/C11H15N3O/c12-8-11(5-3-6-11)14-10(15)9-4-1-2-7-13-9/h1-2,4,7H,3,5-6,8,12H2,(H,14,15). The van der Waals surface area contributed by atoms with E-state index in [0.717, 1.165) is 19.3 Å². The van der Waals surface area contributed by atoms with Gasteiger partial charge in [-0.3, -0.25) is 9.78 Å². The summed E-state index contributed by atoms with van der Waals surface area (Å²) in [6, 6.07) is 5.30. The molecule has 0 aliphatic heterocycles. The van der Waals surface area contributed by atoms with Gasteiger partial charge in [0.25, 0.3) is 5.91 Å². The fraction of sp³-hybridized carbons (Fsp3) is 0.455. The Balaban J connectivity index is 2.04. The highest BCUT2D eigenvalue weighted by atomic mass is 16.2. The number of aromatic nitrogens is 1. The Kier molecular flexibility index (Phi) is 2.68. The van der Waals surface area contributed by atoms with Crippen molar-refractivity contribution >= 4 is 5.91 Å². The van der Waals surface area contributed by atoms with Crippen molar-refractivity contribution in [3.8, 4) is 0 Å². The number of amides is 1. The van der Waals surface area contributed by atoms with Crippen LogP contribution in [-0.4, -0.2) is 23.0 Å². The molecule has 1 heterocycles. The van der Waals surface area contributed by atoms with Crippen molar-refractivity contribution in [1.29, 1.82) is 0 Å². The number of nitrogens with two attached hydrogens (primary N) is 1. The third-order valence-corrected chi connectivity index (χ3v) is 2.98. The van der Waals surface area contributed by atoms with Gasteiger partial charge in [-0.05, 0) is 31.4 Å². The van der Waals surface area contributed by atoms with Crippen LogP contribution in [0.1, 0.15) is 29.8 Å². The van der Waals surface area contributed by atoms with Gasteiger partial charge in [0.1, 0.15) is 5.69 Å². The molecular weight excluding hydrogens is 190 g/mol. The first kappa shape index (κ1) is 10.1. The summed E-state index contributed by atoms with van der Waals surface area (Å²) in [5, 5.41) is 2.97. The normalized spacial score (nSPS) is 17.9. The van der Waals surface area contributed by atoms with Crippen LogP contribution in [0.5, 0.6) is 0 Å². The van der Waals surface area contributed by atoms with Crippen molar-refractivity contribution in [3.05, 3.63) is 30.1 Å². The summed E-state index contributed by atoms with van der Waals surface area (Å²) >= 11 is 0. The fourth-order valence-corrected chi connectivity index (χ4v) is 1.79. The van der Waals surface area contributed by atoms with Gasteiger partial charge in [0.05, 0.1) is 5.54 Å². The van der Waals surface area contributed by atoms with E-state index in [1.54, 1.807) is 24.4 Å². The minimum absolute atomic E-state index is 0.124. The van der Waals surface area contributed by atoms with Gasteiger partial charge in [-0.1, -0.05) is 6.07 Å². The Labute approximate surface area is 88.9 Å². The number of nitrogens with zero attached hydrogens (tertiary/aromatic N) is 1. The zero-order valence-corrected chi connectivity index (χ0v) is 8.57. The number of hydrogen-bond acceptors (Lipinski definition) is 3. The first-order valence-electron chi connectivity index (χ1n) is 5.19. The Morgan fingerprint density at radius 1 is 1.53 bits per heavy atom. The fourth-order valence-electron chi connectivity index (χ4n) is 1.79. The molecule has 0 bridgehead atoms. The molecule has 0 saturated heterocycles. The molecule has 1 aromatic heterocycles. The van der Waals surface area contributed by atoms with Crippen LogP contribution in [0.2, 0.25) is 0 Å². The Hall–Kier alpha value is -1.42. The van der Waals surface area contributed by atoms with Crippen LogP contribution in [0.15, 0.2) is 24.4 Å². The summed E-state index contributed by atoms with van der Waals surface area (Å²) in [4.78, 5) is 15.8. The SMILES string of the molecule is NCC1(NC(=O)c2ccccn2)CCC1. The number of nitrogens with one attached hydrogen (secondary N) is 1. The average Bonchev–Trinajstić information content (AvgIpc) is 2.24. The molecule has 0 spiro atoms. The van der Waals surface area contributed by atoms with E-state index >= 15 is 0 Å². The van der Waals surface area contributed by atoms with E-state index in [4.69, 9.17) is 5.73 Å². The van der Waals surface area contributed by atoms with E-state index in [2.05, 4.69) is 10.3 Å². The summed E-state index contributed by atoms with van der Waals surface area (Å²) in [7, 11) is 0. The van der Waals surface area contributed by atoms with E-state index in [9.17, 15) is 4.79 Å². The maximum absolute atomic E-state index is 11.8. The highest BCUT2D eigenvalue weighted by Crippen LogP contribution is 2.30. The number of pyridine rings is 1. The lowest BCUT2D eigenvalue weighted by molar-refractivity contribution is 0.0832. The Morgan fingerprint density at radius 2 is 2.33 bits per heavy atom. The molecule has 1 aliphatic rings. The highest BCUT2D eigenvalue weighted by Gasteiger charge is 2.37. The third kappa shape index (κ3) is 1.99. The first-order chi connectivity index (χ1) is 7.26. The molecule has 0 radical (unpaired) electrons. The maximum Gasteiger partial charge on any atom is 0.270 e. The van der Waals surface area contributed by atoms with Crippen LogP contribution < -0.4 is 11.1 Å². The van der Waals surface area contributed by atoms with E-state index in [-0.39, 0.29) is 11.4 Å². The van der Waals surface area contributed by atoms with Crippen LogP contribution in [0.3, 0.4) is 0 Å². The van der Waals surface area contributed by atoms with Gasteiger partial charge in [-0.15, -0.1) is 0 Å². The van der Waals surface area contributed by atoms with Crippen molar-refractivity contribution in [2.75, 3.05) is 6.54 Å². The lowest BCUT2D eigenvalue weighted by atomic mass is 9.77. The number of carbonyl (C=O) groups excluding carboxylic acids is 1. The molecule has 1 amide bonds.